The molecule has 7 aromatic rings. The van der Waals surface area contributed by atoms with Crippen LogP contribution in [0.4, 0.5) is 0 Å². The van der Waals surface area contributed by atoms with Crippen molar-refractivity contribution in [3.05, 3.63) is 180 Å². The average Bonchev–Trinajstić information content (AvgIpc) is 3.37. The number of ether oxygens (including phenoxy) is 1. The van der Waals surface area contributed by atoms with Gasteiger partial charge < -0.3 is 4.74 Å². The molecule has 1 aliphatic carbocycles. The fourth-order valence-electron chi connectivity index (χ4n) is 7.40. The van der Waals surface area contributed by atoms with Crippen molar-refractivity contribution >= 4 is 10.8 Å². The molecule has 0 unspecified atom stereocenters. The van der Waals surface area contributed by atoms with Gasteiger partial charge >= 0.3 is 0 Å². The Bertz CT molecular complexity index is 2110. The van der Waals surface area contributed by atoms with E-state index in [0.717, 1.165) is 28.2 Å². The van der Waals surface area contributed by atoms with Gasteiger partial charge in [0.05, 0.1) is 5.41 Å². The minimum Gasteiger partial charge on any atom is -0.455 e. The molecule has 0 atom stereocenters. The third kappa shape index (κ3) is 3.08. The quantitative estimate of drug-likeness (QED) is 0.219. The number of hydrogen-bond donors (Lipinski definition) is 0. The lowest BCUT2D eigenvalue weighted by molar-refractivity contribution is 0.489. The Morgan fingerprint density at radius 3 is 1.71 bits per heavy atom. The Kier molecular flexibility index (Phi) is 4.88. The van der Waals surface area contributed by atoms with Gasteiger partial charge in [-0.05, 0) is 62.0 Å². The fraction of sp³-hybridized carbons (Fsp3) is 0.0244. The molecule has 1 heterocycles. The van der Waals surface area contributed by atoms with E-state index in [1.807, 2.05) is 6.07 Å². The molecule has 0 aromatic heterocycles. The molecule has 0 radical (unpaired) electrons. The molecule has 0 fully saturated rings. The minimum absolute atomic E-state index is 0.396. The highest BCUT2D eigenvalue weighted by atomic mass is 16.5. The van der Waals surface area contributed by atoms with Crippen molar-refractivity contribution < 1.29 is 4.74 Å². The maximum absolute atomic E-state index is 6.65. The van der Waals surface area contributed by atoms with Gasteiger partial charge in [-0.2, -0.15) is 0 Å². The first-order valence-corrected chi connectivity index (χ1v) is 14.5. The normalized spacial score (nSPS) is 13.6. The van der Waals surface area contributed by atoms with Gasteiger partial charge in [-0.15, -0.1) is 0 Å². The van der Waals surface area contributed by atoms with Crippen LogP contribution in [0.15, 0.2) is 158 Å². The summed E-state index contributed by atoms with van der Waals surface area (Å²) < 4.78 is 6.65. The van der Waals surface area contributed by atoms with Crippen LogP contribution in [0.3, 0.4) is 0 Å². The molecule has 196 valence electrons. The summed E-state index contributed by atoms with van der Waals surface area (Å²) >= 11 is 0. The van der Waals surface area contributed by atoms with E-state index >= 15 is 0 Å². The van der Waals surface area contributed by atoms with Gasteiger partial charge in [-0.1, -0.05) is 146 Å². The number of para-hydroxylation sites is 1. The van der Waals surface area contributed by atoms with E-state index in [9.17, 15) is 0 Å². The Morgan fingerprint density at radius 1 is 0.381 bits per heavy atom. The number of hydrogen-bond acceptors (Lipinski definition) is 1. The lowest BCUT2D eigenvalue weighted by atomic mass is 9.67. The zero-order chi connectivity index (χ0) is 27.7. The summed E-state index contributed by atoms with van der Waals surface area (Å²) in [5.74, 6) is 1.84. The van der Waals surface area contributed by atoms with E-state index < -0.39 is 5.41 Å². The molecule has 1 aliphatic heterocycles. The van der Waals surface area contributed by atoms with Crippen LogP contribution < -0.4 is 4.74 Å². The molecule has 0 bridgehead atoms. The summed E-state index contributed by atoms with van der Waals surface area (Å²) in [6.07, 6.45) is 0. The van der Waals surface area contributed by atoms with Gasteiger partial charge in [-0.25, -0.2) is 0 Å². The molecule has 0 saturated carbocycles. The van der Waals surface area contributed by atoms with Crippen LogP contribution in [-0.2, 0) is 5.41 Å². The lowest BCUT2D eigenvalue weighted by Gasteiger charge is -2.34. The van der Waals surface area contributed by atoms with Crippen LogP contribution in [-0.4, -0.2) is 0 Å². The molecule has 9 rings (SSSR count). The monoisotopic (exact) mass is 534 g/mol. The molecular formula is C41H26O. The Labute approximate surface area is 245 Å². The molecule has 42 heavy (non-hydrogen) atoms. The zero-order valence-electron chi connectivity index (χ0n) is 22.9. The van der Waals surface area contributed by atoms with Crippen LogP contribution >= 0.6 is 0 Å². The van der Waals surface area contributed by atoms with Crippen molar-refractivity contribution in [2.45, 2.75) is 5.41 Å². The third-order valence-electron chi connectivity index (χ3n) is 9.18. The van der Waals surface area contributed by atoms with Gasteiger partial charge in [-0.3, -0.25) is 0 Å². The summed E-state index contributed by atoms with van der Waals surface area (Å²) in [5, 5.41) is 2.37. The van der Waals surface area contributed by atoms with Crippen LogP contribution in [0.5, 0.6) is 11.5 Å². The molecule has 2 aliphatic rings. The van der Waals surface area contributed by atoms with E-state index in [-0.39, 0.29) is 0 Å². The molecule has 0 spiro atoms. The highest BCUT2D eigenvalue weighted by Crippen LogP contribution is 2.56. The molecule has 1 heteroatoms. The second-order valence-corrected chi connectivity index (χ2v) is 11.2. The van der Waals surface area contributed by atoms with Crippen molar-refractivity contribution in [3.8, 4) is 44.9 Å². The second-order valence-electron chi connectivity index (χ2n) is 11.2. The summed E-state index contributed by atoms with van der Waals surface area (Å²) in [6, 6.07) is 57.2. The summed E-state index contributed by atoms with van der Waals surface area (Å²) in [4.78, 5) is 0. The molecule has 0 amide bonds. The SMILES string of the molecule is c1ccc(C2(c3ccc(-c4ccc5cccc6c5c4Oc4ccccc4-6)cc3)c3ccccc3-c3ccccc32)cc1. The Hall–Kier alpha value is -5.40. The van der Waals surface area contributed by atoms with Gasteiger partial charge in [0.2, 0.25) is 0 Å². The standard InChI is InChI=1S/C41H26O/c1-2-12-29(13-3-1)41(36-18-7-4-14-32(36)33-15-5-8-19-37(33)41)30-24-21-27(22-25-30)31-26-23-28-11-10-17-35-34-16-6-9-20-38(34)42-40(31)39(28)35/h1-26H. The van der Waals surface area contributed by atoms with Gasteiger partial charge in [0.25, 0.3) is 0 Å². The maximum atomic E-state index is 6.65. The highest BCUT2D eigenvalue weighted by Gasteiger charge is 2.45. The predicted octanol–water partition coefficient (Wildman–Crippen LogP) is 10.6. The van der Waals surface area contributed by atoms with Crippen LogP contribution in [0, 0.1) is 0 Å². The van der Waals surface area contributed by atoms with E-state index in [1.54, 1.807) is 0 Å². The lowest BCUT2D eigenvalue weighted by Crippen LogP contribution is -2.28. The van der Waals surface area contributed by atoms with Crippen molar-refractivity contribution in [1.82, 2.24) is 0 Å². The smallest absolute Gasteiger partial charge is 0.143 e. The number of rotatable bonds is 3. The zero-order valence-corrected chi connectivity index (χ0v) is 22.9. The Morgan fingerprint density at radius 2 is 0.976 bits per heavy atom. The van der Waals surface area contributed by atoms with E-state index in [2.05, 4.69) is 152 Å². The first-order valence-electron chi connectivity index (χ1n) is 14.5. The van der Waals surface area contributed by atoms with E-state index in [1.165, 1.54) is 49.7 Å². The largest absolute Gasteiger partial charge is 0.455 e. The van der Waals surface area contributed by atoms with Crippen molar-refractivity contribution in [1.29, 1.82) is 0 Å². The second kappa shape index (κ2) is 8.80. The maximum Gasteiger partial charge on any atom is 0.143 e. The van der Waals surface area contributed by atoms with Crippen LogP contribution in [0.1, 0.15) is 22.3 Å². The Balaban J connectivity index is 1.26. The first kappa shape index (κ1) is 23.3. The summed E-state index contributed by atoms with van der Waals surface area (Å²) in [5.41, 5.74) is 12.0. The van der Waals surface area contributed by atoms with Crippen molar-refractivity contribution in [2.24, 2.45) is 0 Å². The average molecular weight is 535 g/mol. The summed E-state index contributed by atoms with van der Waals surface area (Å²) in [6.45, 7) is 0. The number of fused-ring (bicyclic) bond motifs is 5. The first-order chi connectivity index (χ1) is 20.8. The third-order valence-corrected chi connectivity index (χ3v) is 9.18. The molecule has 1 nitrogen and oxygen atoms in total. The minimum atomic E-state index is -0.396. The van der Waals surface area contributed by atoms with Crippen molar-refractivity contribution in [3.63, 3.8) is 0 Å². The van der Waals surface area contributed by atoms with E-state index in [4.69, 9.17) is 4.74 Å². The highest BCUT2D eigenvalue weighted by molar-refractivity contribution is 6.07. The fourth-order valence-corrected chi connectivity index (χ4v) is 7.40. The van der Waals surface area contributed by atoms with Crippen LogP contribution in [0.25, 0.3) is 44.2 Å². The molecule has 0 N–H and O–H groups in total. The number of benzene rings is 7. The predicted molar refractivity (Wildman–Crippen MR) is 172 cm³/mol. The molecule has 0 saturated heterocycles. The molecular weight excluding hydrogens is 508 g/mol. The van der Waals surface area contributed by atoms with Crippen LogP contribution in [0.2, 0.25) is 0 Å². The van der Waals surface area contributed by atoms with Gasteiger partial charge in [0, 0.05) is 16.5 Å². The summed E-state index contributed by atoms with van der Waals surface area (Å²) in [7, 11) is 0. The van der Waals surface area contributed by atoms with Gasteiger partial charge in [0.15, 0.2) is 0 Å². The molecule has 7 aromatic carbocycles. The topological polar surface area (TPSA) is 9.23 Å². The van der Waals surface area contributed by atoms with Crippen molar-refractivity contribution in [2.75, 3.05) is 0 Å². The van der Waals surface area contributed by atoms with Gasteiger partial charge in [0.1, 0.15) is 11.5 Å². The van der Waals surface area contributed by atoms with E-state index in [0.29, 0.717) is 0 Å².